The molecule has 1 heterocycles. The summed E-state index contributed by atoms with van der Waals surface area (Å²) in [6.07, 6.45) is 2.40. The molecule has 0 N–H and O–H groups in total. The van der Waals surface area contributed by atoms with Gasteiger partial charge in [-0.3, -0.25) is 0 Å². The number of rotatable bonds is 1. The first-order valence-electron chi connectivity index (χ1n) is 7.89. The van der Waals surface area contributed by atoms with Gasteiger partial charge in [-0.25, -0.2) is 0 Å². The Morgan fingerprint density at radius 2 is 1.77 bits per heavy atom. The Balaban J connectivity index is 1.84. The first-order chi connectivity index (χ1) is 10.6. The van der Waals surface area contributed by atoms with Crippen LogP contribution < -0.4 is 0 Å². The van der Waals surface area contributed by atoms with Crippen LogP contribution in [0.15, 0.2) is 42.5 Å². The quantitative estimate of drug-likeness (QED) is 0.683. The predicted molar refractivity (Wildman–Crippen MR) is 93.1 cm³/mol. The van der Waals surface area contributed by atoms with Crippen LogP contribution in [0.2, 0.25) is 10.0 Å². The van der Waals surface area contributed by atoms with E-state index >= 15 is 0 Å². The molecule has 1 aliphatic carbocycles. The maximum atomic E-state index is 6.51. The summed E-state index contributed by atoms with van der Waals surface area (Å²) in [5, 5.41) is 1.49. The van der Waals surface area contributed by atoms with Crippen LogP contribution in [0.3, 0.4) is 0 Å². The second-order valence-corrected chi connectivity index (χ2v) is 7.37. The number of nitrogens with zero attached hydrogens (tertiary/aromatic N) is 1. The van der Waals surface area contributed by atoms with Gasteiger partial charge in [-0.15, -0.1) is 0 Å². The minimum absolute atomic E-state index is 0.364. The second kappa shape index (κ2) is 5.56. The zero-order chi connectivity index (χ0) is 15.3. The van der Waals surface area contributed by atoms with Crippen molar-refractivity contribution in [3.05, 3.63) is 69.2 Å². The van der Waals surface area contributed by atoms with Crippen molar-refractivity contribution in [2.75, 3.05) is 13.6 Å². The molecule has 0 unspecified atom stereocenters. The minimum atomic E-state index is 0.364. The van der Waals surface area contributed by atoms with Gasteiger partial charge in [0.15, 0.2) is 0 Å². The number of likely N-dealkylation sites (tertiary alicyclic amines) is 1. The zero-order valence-electron chi connectivity index (χ0n) is 12.6. The van der Waals surface area contributed by atoms with Gasteiger partial charge in [-0.1, -0.05) is 53.5 Å². The molecule has 0 radical (unpaired) electrons. The third-order valence-corrected chi connectivity index (χ3v) is 5.97. The van der Waals surface area contributed by atoms with Gasteiger partial charge in [-0.05, 0) is 55.3 Å². The molecule has 4 rings (SSSR count). The molecular formula is C19H19Cl2N. The summed E-state index contributed by atoms with van der Waals surface area (Å²) in [6, 6.07) is 15.4. The molecule has 2 aromatic rings. The molecule has 1 nitrogen and oxygen atoms in total. The number of hydrogen-bond acceptors (Lipinski definition) is 1. The van der Waals surface area contributed by atoms with Gasteiger partial charge >= 0.3 is 0 Å². The van der Waals surface area contributed by atoms with E-state index in [9.17, 15) is 0 Å². The van der Waals surface area contributed by atoms with E-state index in [2.05, 4.69) is 42.3 Å². The van der Waals surface area contributed by atoms with Crippen LogP contribution in [-0.2, 0) is 0 Å². The number of benzene rings is 2. The average molecular weight is 332 g/mol. The highest BCUT2D eigenvalue weighted by Gasteiger charge is 2.41. The van der Waals surface area contributed by atoms with Gasteiger partial charge in [0.25, 0.3) is 0 Å². The molecule has 3 atom stereocenters. The lowest BCUT2D eigenvalue weighted by Gasteiger charge is -2.37. The van der Waals surface area contributed by atoms with E-state index in [1.54, 1.807) is 0 Å². The maximum absolute atomic E-state index is 6.51. The van der Waals surface area contributed by atoms with Crippen LogP contribution in [0, 0.1) is 0 Å². The second-order valence-electron chi connectivity index (χ2n) is 6.53. The summed E-state index contributed by atoms with van der Waals surface area (Å²) >= 11 is 12.6. The Labute approximate surface area is 141 Å². The van der Waals surface area contributed by atoms with Crippen molar-refractivity contribution in [3.63, 3.8) is 0 Å². The minimum Gasteiger partial charge on any atom is -0.303 e. The molecule has 2 aliphatic rings. The topological polar surface area (TPSA) is 3.24 Å². The van der Waals surface area contributed by atoms with Gasteiger partial charge in [0.1, 0.15) is 0 Å². The molecule has 114 valence electrons. The largest absolute Gasteiger partial charge is 0.303 e. The van der Waals surface area contributed by atoms with Crippen LogP contribution in [0.5, 0.6) is 0 Å². The van der Waals surface area contributed by atoms with Crippen LogP contribution in [-0.4, -0.2) is 24.5 Å². The molecule has 0 saturated carbocycles. The monoisotopic (exact) mass is 331 g/mol. The van der Waals surface area contributed by atoms with Gasteiger partial charge in [0.05, 0.1) is 0 Å². The highest BCUT2D eigenvalue weighted by Crippen LogP contribution is 2.49. The Bertz CT molecular complexity index is 712. The van der Waals surface area contributed by atoms with Gasteiger partial charge < -0.3 is 4.90 Å². The van der Waals surface area contributed by atoms with Crippen molar-refractivity contribution in [2.45, 2.75) is 30.7 Å². The van der Waals surface area contributed by atoms with E-state index in [-0.39, 0.29) is 0 Å². The van der Waals surface area contributed by atoms with Crippen molar-refractivity contribution in [1.82, 2.24) is 4.90 Å². The van der Waals surface area contributed by atoms with Gasteiger partial charge in [0.2, 0.25) is 0 Å². The predicted octanol–water partition coefficient (Wildman–Crippen LogP) is 5.32. The van der Waals surface area contributed by atoms with Gasteiger partial charge in [-0.2, -0.15) is 0 Å². The molecular weight excluding hydrogens is 313 g/mol. The Kier molecular flexibility index (Phi) is 3.68. The first kappa shape index (κ1) is 14.6. The number of fused-ring (bicyclic) bond motifs is 3. The molecule has 0 amide bonds. The molecule has 1 fully saturated rings. The van der Waals surface area contributed by atoms with Crippen molar-refractivity contribution in [1.29, 1.82) is 0 Å². The van der Waals surface area contributed by atoms with Crippen LogP contribution in [0.4, 0.5) is 0 Å². The number of halogens is 2. The number of hydrogen-bond donors (Lipinski definition) is 0. The van der Waals surface area contributed by atoms with E-state index in [0.29, 0.717) is 22.9 Å². The third kappa shape index (κ3) is 2.27. The number of likely N-dealkylation sites (N-methyl/N-ethyl adjacent to an activating group) is 1. The lowest BCUT2D eigenvalue weighted by molar-refractivity contribution is 0.265. The van der Waals surface area contributed by atoms with Crippen molar-refractivity contribution in [3.8, 4) is 0 Å². The standard InChI is InChI=1S/C19H19Cl2N/c1-22-9-8-16-13-4-2-3-5-14(13)17(11-19(16)22)15-7-6-12(20)10-18(15)21/h2-7,10,16-17,19H,8-9,11H2,1H3/t16-,17+,19+/m1/s1. The van der Waals surface area contributed by atoms with E-state index in [4.69, 9.17) is 23.2 Å². The normalized spacial score (nSPS) is 27.5. The van der Waals surface area contributed by atoms with E-state index in [1.165, 1.54) is 29.7 Å². The average Bonchev–Trinajstić information content (AvgIpc) is 2.88. The van der Waals surface area contributed by atoms with E-state index in [1.807, 2.05) is 12.1 Å². The van der Waals surface area contributed by atoms with Crippen molar-refractivity contribution < 1.29 is 0 Å². The molecule has 2 aromatic carbocycles. The molecule has 1 saturated heterocycles. The van der Waals surface area contributed by atoms with E-state index in [0.717, 1.165) is 11.4 Å². The third-order valence-electron chi connectivity index (χ3n) is 5.41. The highest BCUT2D eigenvalue weighted by molar-refractivity contribution is 6.35. The molecule has 0 bridgehead atoms. The summed E-state index contributed by atoms with van der Waals surface area (Å²) < 4.78 is 0. The highest BCUT2D eigenvalue weighted by atomic mass is 35.5. The molecule has 0 spiro atoms. The fourth-order valence-electron chi connectivity index (χ4n) is 4.33. The van der Waals surface area contributed by atoms with Crippen LogP contribution in [0.25, 0.3) is 0 Å². The zero-order valence-corrected chi connectivity index (χ0v) is 14.1. The maximum Gasteiger partial charge on any atom is 0.0459 e. The lowest BCUT2D eigenvalue weighted by atomic mass is 9.71. The lowest BCUT2D eigenvalue weighted by Crippen LogP contribution is -2.34. The molecule has 1 aliphatic heterocycles. The fraction of sp³-hybridized carbons (Fsp3) is 0.368. The smallest absolute Gasteiger partial charge is 0.0459 e. The van der Waals surface area contributed by atoms with Gasteiger partial charge in [0, 0.05) is 27.9 Å². The summed E-state index contributed by atoms with van der Waals surface area (Å²) in [7, 11) is 2.25. The Morgan fingerprint density at radius 1 is 1.00 bits per heavy atom. The Hall–Kier alpha value is -1.02. The Morgan fingerprint density at radius 3 is 2.55 bits per heavy atom. The fourth-order valence-corrected chi connectivity index (χ4v) is 4.87. The molecule has 22 heavy (non-hydrogen) atoms. The summed E-state index contributed by atoms with van der Waals surface area (Å²) in [4.78, 5) is 2.51. The van der Waals surface area contributed by atoms with Crippen LogP contribution in [0.1, 0.15) is 41.4 Å². The SMILES string of the molecule is CN1CC[C@@H]2c3ccccc3[C@@H](c3ccc(Cl)cc3Cl)C[C@@H]21. The molecule has 0 aromatic heterocycles. The summed E-state index contributed by atoms with van der Waals surface area (Å²) in [6.45, 7) is 1.19. The first-order valence-corrected chi connectivity index (χ1v) is 8.65. The molecule has 3 heteroatoms. The summed E-state index contributed by atoms with van der Waals surface area (Å²) in [5.74, 6) is 1.03. The van der Waals surface area contributed by atoms with Crippen molar-refractivity contribution >= 4 is 23.2 Å². The van der Waals surface area contributed by atoms with Crippen LogP contribution >= 0.6 is 23.2 Å². The van der Waals surface area contributed by atoms with Crippen molar-refractivity contribution in [2.24, 2.45) is 0 Å². The summed E-state index contributed by atoms with van der Waals surface area (Å²) in [5.41, 5.74) is 4.17. The van der Waals surface area contributed by atoms with E-state index < -0.39 is 0 Å².